The minimum Gasteiger partial charge on any atom is -0.457 e. The molecular weight excluding hydrogens is 484 g/mol. The maximum atomic E-state index is 13.0. The summed E-state index contributed by atoms with van der Waals surface area (Å²) in [5.41, 5.74) is 2.10. The Kier molecular flexibility index (Phi) is 6.48. The third kappa shape index (κ3) is 5.03. The van der Waals surface area contributed by atoms with E-state index >= 15 is 0 Å². The summed E-state index contributed by atoms with van der Waals surface area (Å²) in [5.74, 6) is 0.616. The predicted molar refractivity (Wildman–Crippen MR) is 137 cm³/mol. The van der Waals surface area contributed by atoms with Gasteiger partial charge < -0.3 is 9.64 Å². The molecule has 1 aromatic heterocycles. The van der Waals surface area contributed by atoms with Crippen molar-refractivity contribution in [1.82, 2.24) is 10.2 Å². The molecular formula is C26H21ClN4O3S. The zero-order valence-corrected chi connectivity index (χ0v) is 20.3. The molecule has 2 amide bonds. The fraction of sp³-hybridized carbons (Fsp3) is 0.154. The van der Waals surface area contributed by atoms with Gasteiger partial charge in [0.2, 0.25) is 11.0 Å². The summed E-state index contributed by atoms with van der Waals surface area (Å²) in [6.07, 6.45) is 0.321. The number of aromatic nitrogens is 2. The number of para-hydroxylation sites is 2. The largest absolute Gasteiger partial charge is 0.457 e. The standard InChI is InChI=1S/C26H21ClN4O3S/c1-16-11-12-18(14-21(16)27)31-15-17(13-23(31)32)25-29-30-26(35-25)28-24(33)20-9-5-6-10-22(20)34-19-7-3-2-4-8-19/h2-12,14,17H,13,15H2,1H3,(H,28,30,33). The molecule has 1 N–H and O–H groups in total. The third-order valence-electron chi connectivity index (χ3n) is 5.71. The van der Waals surface area contributed by atoms with E-state index in [2.05, 4.69) is 15.5 Å². The fourth-order valence-electron chi connectivity index (χ4n) is 3.85. The number of ether oxygens (including phenoxy) is 1. The van der Waals surface area contributed by atoms with Crippen LogP contribution in [0.1, 0.15) is 33.3 Å². The van der Waals surface area contributed by atoms with Gasteiger partial charge in [0, 0.05) is 29.6 Å². The van der Waals surface area contributed by atoms with Gasteiger partial charge in [-0.1, -0.05) is 59.3 Å². The van der Waals surface area contributed by atoms with E-state index < -0.39 is 0 Å². The number of amides is 2. The maximum absolute atomic E-state index is 13.0. The number of nitrogens with zero attached hydrogens (tertiary/aromatic N) is 3. The molecule has 0 bridgehead atoms. The summed E-state index contributed by atoms with van der Waals surface area (Å²) in [4.78, 5) is 27.4. The van der Waals surface area contributed by atoms with Gasteiger partial charge >= 0.3 is 0 Å². The molecule has 0 saturated carbocycles. The second-order valence-corrected chi connectivity index (χ2v) is 9.57. The molecule has 0 radical (unpaired) electrons. The first-order valence-corrected chi connectivity index (χ1v) is 12.2. The molecule has 0 spiro atoms. The van der Waals surface area contributed by atoms with Gasteiger partial charge in [0.15, 0.2) is 0 Å². The highest BCUT2D eigenvalue weighted by molar-refractivity contribution is 7.15. The number of nitrogens with one attached hydrogen (secondary N) is 1. The van der Waals surface area contributed by atoms with Crippen LogP contribution in [0.4, 0.5) is 10.8 Å². The Morgan fingerprint density at radius 2 is 1.86 bits per heavy atom. The number of hydrogen-bond acceptors (Lipinski definition) is 6. The lowest BCUT2D eigenvalue weighted by molar-refractivity contribution is -0.117. The minimum absolute atomic E-state index is 0.00249. The highest BCUT2D eigenvalue weighted by atomic mass is 35.5. The van der Waals surface area contributed by atoms with Crippen LogP contribution >= 0.6 is 22.9 Å². The van der Waals surface area contributed by atoms with E-state index in [0.717, 1.165) is 11.3 Å². The zero-order valence-electron chi connectivity index (χ0n) is 18.8. The van der Waals surface area contributed by atoms with Crippen molar-refractivity contribution in [1.29, 1.82) is 0 Å². The number of hydrogen-bond donors (Lipinski definition) is 1. The van der Waals surface area contributed by atoms with Crippen molar-refractivity contribution in [3.63, 3.8) is 0 Å². The Bertz CT molecular complexity index is 1390. The van der Waals surface area contributed by atoms with Crippen molar-refractivity contribution in [2.75, 3.05) is 16.8 Å². The average molecular weight is 505 g/mol. The van der Waals surface area contributed by atoms with Crippen LogP contribution in [0.2, 0.25) is 5.02 Å². The van der Waals surface area contributed by atoms with Gasteiger partial charge in [-0.15, -0.1) is 10.2 Å². The van der Waals surface area contributed by atoms with Crippen LogP contribution < -0.4 is 15.0 Å². The smallest absolute Gasteiger partial charge is 0.261 e. The second kappa shape index (κ2) is 9.85. The van der Waals surface area contributed by atoms with Crippen LogP contribution in [0.3, 0.4) is 0 Å². The molecule has 7 nitrogen and oxygen atoms in total. The number of anilines is 2. The summed E-state index contributed by atoms with van der Waals surface area (Å²) >= 11 is 7.51. The summed E-state index contributed by atoms with van der Waals surface area (Å²) in [6.45, 7) is 2.40. The van der Waals surface area contributed by atoms with Gasteiger partial charge in [0.05, 0.1) is 5.56 Å². The number of carbonyl (C=O) groups is 2. The van der Waals surface area contributed by atoms with Gasteiger partial charge in [-0.2, -0.15) is 0 Å². The molecule has 9 heteroatoms. The molecule has 35 heavy (non-hydrogen) atoms. The van der Waals surface area contributed by atoms with Gasteiger partial charge in [-0.3, -0.25) is 14.9 Å². The Balaban J connectivity index is 1.28. The first-order valence-electron chi connectivity index (χ1n) is 11.0. The second-order valence-electron chi connectivity index (χ2n) is 8.15. The summed E-state index contributed by atoms with van der Waals surface area (Å²) in [5, 5.41) is 12.9. The minimum atomic E-state index is -0.349. The lowest BCUT2D eigenvalue weighted by Crippen LogP contribution is -2.24. The van der Waals surface area contributed by atoms with Crippen LogP contribution in [0.15, 0.2) is 72.8 Å². The molecule has 0 aliphatic carbocycles. The quantitative estimate of drug-likeness (QED) is 0.345. The number of benzene rings is 3. The Morgan fingerprint density at radius 3 is 2.66 bits per heavy atom. The Hall–Kier alpha value is -3.75. The first kappa shape index (κ1) is 23.0. The lowest BCUT2D eigenvalue weighted by Gasteiger charge is -2.17. The molecule has 1 saturated heterocycles. The first-order chi connectivity index (χ1) is 17.0. The van der Waals surface area contributed by atoms with Crippen molar-refractivity contribution >= 4 is 45.6 Å². The third-order valence-corrected chi connectivity index (χ3v) is 7.11. The van der Waals surface area contributed by atoms with Gasteiger partial charge in [0.1, 0.15) is 16.5 Å². The predicted octanol–water partition coefficient (Wildman–Crippen LogP) is 6.07. The summed E-state index contributed by atoms with van der Waals surface area (Å²) in [7, 11) is 0. The van der Waals surface area contributed by atoms with Crippen molar-refractivity contribution in [3.05, 3.63) is 94.0 Å². The molecule has 1 aliphatic rings. The van der Waals surface area contributed by atoms with Crippen LogP contribution in [0, 0.1) is 6.92 Å². The average Bonchev–Trinajstić information content (AvgIpc) is 3.48. The summed E-state index contributed by atoms with van der Waals surface area (Å²) < 4.78 is 5.89. The van der Waals surface area contributed by atoms with E-state index in [-0.39, 0.29) is 17.7 Å². The maximum Gasteiger partial charge on any atom is 0.261 e. The highest BCUT2D eigenvalue weighted by Crippen LogP contribution is 2.35. The van der Waals surface area contributed by atoms with E-state index in [1.54, 1.807) is 29.2 Å². The van der Waals surface area contributed by atoms with Gasteiger partial charge in [0.25, 0.3) is 5.91 Å². The van der Waals surface area contributed by atoms with Crippen molar-refractivity contribution in [2.45, 2.75) is 19.3 Å². The molecule has 5 rings (SSSR count). The topological polar surface area (TPSA) is 84.4 Å². The number of aryl methyl sites for hydroxylation is 1. The van der Waals surface area contributed by atoms with E-state index in [4.69, 9.17) is 16.3 Å². The van der Waals surface area contributed by atoms with Gasteiger partial charge in [-0.25, -0.2) is 0 Å². The van der Waals surface area contributed by atoms with Crippen molar-refractivity contribution in [3.8, 4) is 11.5 Å². The lowest BCUT2D eigenvalue weighted by atomic mass is 10.1. The SMILES string of the molecule is Cc1ccc(N2CC(c3nnc(NC(=O)c4ccccc4Oc4ccccc4)s3)CC2=O)cc1Cl. The van der Waals surface area contributed by atoms with E-state index in [1.807, 2.05) is 55.5 Å². The molecule has 4 aromatic rings. The number of rotatable bonds is 6. The highest BCUT2D eigenvalue weighted by Gasteiger charge is 2.34. The van der Waals surface area contributed by atoms with Crippen LogP contribution in [0.5, 0.6) is 11.5 Å². The van der Waals surface area contributed by atoms with Crippen molar-refractivity contribution < 1.29 is 14.3 Å². The molecule has 176 valence electrons. The van der Waals surface area contributed by atoms with Crippen LogP contribution in [0.25, 0.3) is 0 Å². The summed E-state index contributed by atoms with van der Waals surface area (Å²) in [6, 6.07) is 21.9. The van der Waals surface area contributed by atoms with E-state index in [9.17, 15) is 9.59 Å². The Morgan fingerprint density at radius 1 is 1.09 bits per heavy atom. The normalized spacial score (nSPS) is 15.3. The molecule has 1 aliphatic heterocycles. The zero-order chi connectivity index (χ0) is 24.4. The van der Waals surface area contributed by atoms with Crippen LogP contribution in [-0.4, -0.2) is 28.6 Å². The molecule has 1 atom stereocenters. The van der Waals surface area contributed by atoms with Crippen molar-refractivity contribution in [2.24, 2.45) is 0 Å². The molecule has 1 unspecified atom stereocenters. The number of carbonyl (C=O) groups excluding carboxylic acids is 2. The molecule has 1 fully saturated rings. The number of halogens is 1. The molecule has 3 aromatic carbocycles. The van der Waals surface area contributed by atoms with Crippen LogP contribution in [-0.2, 0) is 4.79 Å². The molecule has 2 heterocycles. The fourth-order valence-corrected chi connectivity index (χ4v) is 4.85. The monoisotopic (exact) mass is 504 g/mol. The van der Waals surface area contributed by atoms with E-state index in [1.165, 1.54) is 11.3 Å². The van der Waals surface area contributed by atoms with Gasteiger partial charge in [-0.05, 0) is 48.9 Å². The Labute approximate surface area is 211 Å². The van der Waals surface area contributed by atoms with E-state index in [0.29, 0.717) is 45.2 Å².